The maximum atomic E-state index is 12.5. The summed E-state index contributed by atoms with van der Waals surface area (Å²) in [4.78, 5) is 22.8. The Balaban J connectivity index is 2.30. The van der Waals surface area contributed by atoms with Gasteiger partial charge in [-0.3, -0.25) is 4.79 Å². The lowest BCUT2D eigenvalue weighted by Gasteiger charge is -2.21. The van der Waals surface area contributed by atoms with Crippen LogP contribution in [0.15, 0.2) is 24.3 Å². The molecule has 0 aliphatic carbocycles. The Kier molecular flexibility index (Phi) is 4.82. The van der Waals surface area contributed by atoms with Crippen LogP contribution >= 0.6 is 0 Å². The lowest BCUT2D eigenvalue weighted by Crippen LogP contribution is -2.41. The van der Waals surface area contributed by atoms with E-state index in [1.807, 2.05) is 0 Å². The number of carbonyl (C=O) groups is 2. The van der Waals surface area contributed by atoms with E-state index in [0.29, 0.717) is 18.4 Å². The molecule has 8 heteroatoms. The van der Waals surface area contributed by atoms with Gasteiger partial charge in [-0.05, 0) is 24.5 Å². The predicted octanol–water partition coefficient (Wildman–Crippen LogP) is 0.852. The maximum Gasteiger partial charge on any atom is 0.338 e. The molecule has 0 bridgehead atoms. The first-order valence-corrected chi connectivity index (χ1v) is 8.36. The first kappa shape index (κ1) is 16.4. The second-order valence-corrected chi connectivity index (χ2v) is 6.93. The Labute approximate surface area is 128 Å². The maximum absolute atomic E-state index is 12.5. The molecule has 0 amide bonds. The van der Waals surface area contributed by atoms with Crippen molar-refractivity contribution < 1.29 is 27.9 Å². The molecular weight excluding hydrogens is 310 g/mol. The van der Waals surface area contributed by atoms with Crippen LogP contribution in [0.25, 0.3) is 0 Å². The van der Waals surface area contributed by atoms with E-state index < -0.39 is 33.8 Å². The molecule has 1 heterocycles. The summed E-state index contributed by atoms with van der Waals surface area (Å²) in [6, 6.07) is 5.20. The van der Waals surface area contributed by atoms with Gasteiger partial charge >= 0.3 is 11.9 Å². The summed E-state index contributed by atoms with van der Waals surface area (Å²) in [6.07, 6.45) is 0.808. The Hall–Kier alpha value is -1.93. The van der Waals surface area contributed by atoms with E-state index in [0.717, 1.165) is 4.31 Å². The van der Waals surface area contributed by atoms with Crippen molar-refractivity contribution in [3.05, 3.63) is 35.4 Å². The number of carbonyl (C=O) groups excluding carboxylic acids is 1. The third-order valence-corrected chi connectivity index (χ3v) is 5.43. The molecule has 1 aromatic rings. The van der Waals surface area contributed by atoms with Crippen LogP contribution in [-0.4, -0.2) is 49.5 Å². The van der Waals surface area contributed by atoms with E-state index >= 15 is 0 Å². The van der Waals surface area contributed by atoms with Crippen molar-refractivity contribution in [1.82, 2.24) is 4.31 Å². The summed E-state index contributed by atoms with van der Waals surface area (Å²) in [5.74, 6) is -2.20. The van der Waals surface area contributed by atoms with Gasteiger partial charge in [0.15, 0.2) is 0 Å². The summed E-state index contributed by atoms with van der Waals surface area (Å²) in [6.45, 7) is 0.180. The molecule has 0 saturated carbocycles. The van der Waals surface area contributed by atoms with Crippen molar-refractivity contribution >= 4 is 22.0 Å². The highest BCUT2D eigenvalue weighted by atomic mass is 32.2. The van der Waals surface area contributed by atoms with Crippen molar-refractivity contribution in [1.29, 1.82) is 0 Å². The topological polar surface area (TPSA) is 101 Å². The number of esters is 1. The van der Waals surface area contributed by atoms with Crippen molar-refractivity contribution in [2.24, 2.45) is 0 Å². The first-order chi connectivity index (χ1) is 10.4. The third-order valence-electron chi connectivity index (χ3n) is 3.61. The van der Waals surface area contributed by atoms with Gasteiger partial charge in [0.2, 0.25) is 10.0 Å². The molecule has 120 valence electrons. The van der Waals surface area contributed by atoms with Gasteiger partial charge in [0.05, 0.1) is 18.4 Å². The van der Waals surface area contributed by atoms with Crippen LogP contribution in [0.4, 0.5) is 0 Å². The summed E-state index contributed by atoms with van der Waals surface area (Å²) >= 11 is 0. The number of methoxy groups -OCH3 is 1. The molecule has 0 spiro atoms. The van der Waals surface area contributed by atoms with Crippen molar-refractivity contribution in [3.63, 3.8) is 0 Å². The molecule has 1 saturated heterocycles. The molecule has 7 nitrogen and oxygen atoms in total. The highest BCUT2D eigenvalue weighted by Crippen LogP contribution is 2.24. The summed E-state index contributed by atoms with van der Waals surface area (Å²) in [7, 11) is -2.61. The van der Waals surface area contributed by atoms with Gasteiger partial charge < -0.3 is 9.84 Å². The van der Waals surface area contributed by atoms with Crippen molar-refractivity contribution in [2.45, 2.75) is 24.6 Å². The number of hydrogen-bond donors (Lipinski definition) is 1. The smallest absolute Gasteiger partial charge is 0.338 e. The minimum Gasteiger partial charge on any atom is -0.480 e. The summed E-state index contributed by atoms with van der Waals surface area (Å²) in [5.41, 5.74) is 0.463. The number of aliphatic carboxylic acids is 1. The fourth-order valence-corrected chi connectivity index (χ4v) is 4.36. The average molecular weight is 327 g/mol. The van der Waals surface area contributed by atoms with Crippen LogP contribution < -0.4 is 0 Å². The standard InChI is InChI=1S/C14H17NO6S/c1-21-14(18)11-6-3-2-5-10(11)9-22(19,20)15-8-4-7-12(15)13(16)17/h2-3,5-6,12H,4,7-9H2,1H3,(H,16,17)/t12-/m0/s1. The fourth-order valence-electron chi connectivity index (χ4n) is 2.55. The quantitative estimate of drug-likeness (QED) is 0.805. The van der Waals surface area contributed by atoms with Crippen LogP contribution in [0, 0.1) is 0 Å². The van der Waals surface area contributed by atoms with E-state index in [2.05, 4.69) is 4.74 Å². The molecule has 22 heavy (non-hydrogen) atoms. The largest absolute Gasteiger partial charge is 0.480 e. The zero-order chi connectivity index (χ0) is 16.3. The molecule has 0 aromatic heterocycles. The molecular formula is C14H17NO6S. The highest BCUT2D eigenvalue weighted by Gasteiger charge is 2.38. The molecule has 0 unspecified atom stereocenters. The lowest BCUT2D eigenvalue weighted by molar-refractivity contribution is -0.140. The first-order valence-electron chi connectivity index (χ1n) is 6.75. The molecule has 1 aliphatic heterocycles. The van der Waals surface area contributed by atoms with Crippen molar-refractivity contribution in [2.75, 3.05) is 13.7 Å². The number of rotatable bonds is 5. The number of ether oxygens (including phenoxy) is 1. The van der Waals surface area contributed by atoms with E-state index in [9.17, 15) is 18.0 Å². The second kappa shape index (κ2) is 6.45. The molecule has 1 aliphatic rings. The minimum atomic E-state index is -3.83. The minimum absolute atomic E-state index is 0.166. The number of benzene rings is 1. The SMILES string of the molecule is COC(=O)c1ccccc1CS(=O)(=O)N1CCC[C@H]1C(=O)O. The molecule has 1 aromatic carbocycles. The van der Waals surface area contributed by atoms with E-state index in [1.54, 1.807) is 12.1 Å². The summed E-state index contributed by atoms with van der Waals surface area (Å²) < 4.78 is 30.6. The number of nitrogens with zero attached hydrogens (tertiary/aromatic N) is 1. The Morgan fingerprint density at radius 1 is 1.36 bits per heavy atom. The number of carboxylic acid groups (broad SMARTS) is 1. The molecule has 0 radical (unpaired) electrons. The van der Waals surface area contributed by atoms with Gasteiger partial charge in [0.25, 0.3) is 0 Å². The van der Waals surface area contributed by atoms with Crippen LogP contribution in [0.1, 0.15) is 28.8 Å². The predicted molar refractivity (Wildman–Crippen MR) is 77.8 cm³/mol. The van der Waals surface area contributed by atoms with Crippen molar-refractivity contribution in [3.8, 4) is 0 Å². The fraction of sp³-hybridized carbons (Fsp3) is 0.429. The zero-order valence-corrected chi connectivity index (χ0v) is 12.9. The van der Waals surface area contributed by atoms with Gasteiger partial charge in [-0.1, -0.05) is 18.2 Å². The summed E-state index contributed by atoms with van der Waals surface area (Å²) in [5, 5.41) is 9.11. The van der Waals surface area contributed by atoms with Gasteiger partial charge in [0, 0.05) is 6.54 Å². The second-order valence-electron chi connectivity index (χ2n) is 5.01. The number of sulfonamides is 1. The van der Waals surface area contributed by atoms with E-state index in [4.69, 9.17) is 5.11 Å². The molecule has 1 N–H and O–H groups in total. The highest BCUT2D eigenvalue weighted by molar-refractivity contribution is 7.88. The number of carboxylic acids is 1. The number of hydrogen-bond acceptors (Lipinski definition) is 5. The lowest BCUT2D eigenvalue weighted by atomic mass is 10.1. The Bertz CT molecular complexity index is 684. The van der Waals surface area contributed by atoms with E-state index in [1.165, 1.54) is 19.2 Å². The van der Waals surface area contributed by atoms with Gasteiger partial charge in [-0.15, -0.1) is 0 Å². The Morgan fingerprint density at radius 3 is 2.68 bits per heavy atom. The van der Waals surface area contributed by atoms with Crippen LogP contribution in [0.3, 0.4) is 0 Å². The Morgan fingerprint density at radius 2 is 2.05 bits per heavy atom. The van der Waals surface area contributed by atoms with Crippen LogP contribution in [-0.2, 0) is 25.3 Å². The van der Waals surface area contributed by atoms with E-state index in [-0.39, 0.29) is 12.1 Å². The molecule has 1 atom stereocenters. The monoisotopic (exact) mass is 327 g/mol. The third kappa shape index (κ3) is 3.28. The van der Waals surface area contributed by atoms with Gasteiger partial charge in [0.1, 0.15) is 6.04 Å². The zero-order valence-electron chi connectivity index (χ0n) is 12.1. The van der Waals surface area contributed by atoms with Crippen LogP contribution in [0.5, 0.6) is 0 Å². The molecule has 1 fully saturated rings. The normalized spacial score (nSPS) is 19.0. The van der Waals surface area contributed by atoms with Gasteiger partial charge in [-0.2, -0.15) is 4.31 Å². The van der Waals surface area contributed by atoms with Crippen LogP contribution in [0.2, 0.25) is 0 Å². The molecule has 2 rings (SSSR count). The average Bonchev–Trinajstić information content (AvgIpc) is 2.97. The van der Waals surface area contributed by atoms with Gasteiger partial charge in [-0.25, -0.2) is 13.2 Å².